The van der Waals surface area contributed by atoms with Crippen LogP contribution in [0.5, 0.6) is 0 Å². The summed E-state index contributed by atoms with van der Waals surface area (Å²) < 4.78 is 1.35. The minimum atomic E-state index is -0.308. The summed E-state index contributed by atoms with van der Waals surface area (Å²) in [5.74, 6) is 0.815. The number of likely N-dealkylation sites (tertiary alicyclic amines) is 1. The van der Waals surface area contributed by atoms with Crippen molar-refractivity contribution < 1.29 is 0 Å². The summed E-state index contributed by atoms with van der Waals surface area (Å²) in [4.78, 5) is 37.1. The lowest BCUT2D eigenvalue weighted by molar-refractivity contribution is 0.206. The quantitative estimate of drug-likeness (QED) is 0.487. The Bertz CT molecular complexity index is 1370. The van der Waals surface area contributed by atoms with Crippen molar-refractivity contribution in [2.24, 2.45) is 0 Å². The number of hydrogen-bond donors (Lipinski definition) is 2. The van der Waals surface area contributed by atoms with Crippen molar-refractivity contribution in [1.82, 2.24) is 29.6 Å². The summed E-state index contributed by atoms with van der Waals surface area (Å²) in [6.45, 7) is 2.70. The molecule has 0 spiro atoms. The number of H-pyrrole nitrogens is 2. The van der Waals surface area contributed by atoms with Gasteiger partial charge in [-0.2, -0.15) is 4.68 Å². The van der Waals surface area contributed by atoms with Crippen molar-refractivity contribution in [2.75, 3.05) is 19.6 Å². The van der Waals surface area contributed by atoms with Crippen LogP contribution in [0, 0.1) is 0 Å². The first-order chi connectivity index (χ1) is 15.6. The third-order valence-electron chi connectivity index (χ3n) is 5.96. The van der Waals surface area contributed by atoms with Crippen LogP contribution in [0.4, 0.5) is 0 Å². The molecule has 0 amide bonds. The lowest BCUT2D eigenvalue weighted by Crippen LogP contribution is -2.36. The van der Waals surface area contributed by atoms with Crippen LogP contribution in [0.1, 0.15) is 30.3 Å². The standard InChI is InChI=1S/C23H23ClN6O2/c24-17-8-10-25-18(13-17)9-12-29-11-2-4-16(14-29)22-27-23(32)30(28-22)19-5-1-3-15-6-7-20(31)26-21(15)19/h1,3,5-8,10,13,16H,2,4,9,11-12,14H2,(H,26,31)(H,27,28,32)/t16-/m0/s1. The molecule has 1 atom stereocenters. The Morgan fingerprint density at radius 2 is 2.03 bits per heavy atom. The number of nitrogens with one attached hydrogen (secondary N) is 2. The van der Waals surface area contributed by atoms with Gasteiger partial charge in [-0.3, -0.25) is 14.8 Å². The Labute approximate surface area is 188 Å². The van der Waals surface area contributed by atoms with E-state index in [1.54, 1.807) is 24.4 Å². The van der Waals surface area contributed by atoms with Crippen molar-refractivity contribution in [1.29, 1.82) is 0 Å². The Morgan fingerprint density at radius 3 is 2.91 bits per heavy atom. The number of nitrogens with zero attached hydrogens (tertiary/aromatic N) is 4. The molecule has 8 nitrogen and oxygen atoms in total. The fourth-order valence-corrected chi connectivity index (χ4v) is 4.55. The van der Waals surface area contributed by atoms with E-state index < -0.39 is 0 Å². The second kappa shape index (κ2) is 8.72. The highest BCUT2D eigenvalue weighted by Gasteiger charge is 2.25. The van der Waals surface area contributed by atoms with Crippen molar-refractivity contribution in [3.05, 3.63) is 86.0 Å². The fourth-order valence-electron chi connectivity index (χ4n) is 4.37. The second-order valence-electron chi connectivity index (χ2n) is 8.15. The average Bonchev–Trinajstić information content (AvgIpc) is 3.19. The van der Waals surface area contributed by atoms with Crippen LogP contribution in [0.25, 0.3) is 16.6 Å². The van der Waals surface area contributed by atoms with Crippen LogP contribution in [0.3, 0.4) is 0 Å². The van der Waals surface area contributed by atoms with Crippen LogP contribution in [-0.2, 0) is 6.42 Å². The van der Waals surface area contributed by atoms with Crippen LogP contribution in [0.15, 0.2) is 58.3 Å². The van der Waals surface area contributed by atoms with E-state index in [-0.39, 0.29) is 17.2 Å². The van der Waals surface area contributed by atoms with Crippen LogP contribution in [-0.4, -0.2) is 49.3 Å². The molecule has 1 saturated heterocycles. The summed E-state index contributed by atoms with van der Waals surface area (Å²) in [6.07, 6.45) is 4.55. The Kier molecular flexibility index (Phi) is 5.63. The first-order valence-electron chi connectivity index (χ1n) is 10.7. The van der Waals surface area contributed by atoms with E-state index in [4.69, 9.17) is 11.6 Å². The van der Waals surface area contributed by atoms with Gasteiger partial charge in [0, 0.05) is 53.8 Å². The van der Waals surface area contributed by atoms with E-state index >= 15 is 0 Å². The number of pyridine rings is 2. The minimum Gasteiger partial charge on any atom is -0.320 e. The molecule has 32 heavy (non-hydrogen) atoms. The van der Waals surface area contributed by atoms with Gasteiger partial charge in [-0.05, 0) is 43.7 Å². The van der Waals surface area contributed by atoms with Gasteiger partial charge >= 0.3 is 5.69 Å². The number of aromatic nitrogens is 5. The highest BCUT2D eigenvalue weighted by molar-refractivity contribution is 6.30. The van der Waals surface area contributed by atoms with Gasteiger partial charge in [0.2, 0.25) is 5.56 Å². The number of benzene rings is 1. The Balaban J connectivity index is 1.36. The molecule has 1 aliphatic heterocycles. The maximum atomic E-state index is 12.8. The molecule has 1 fully saturated rings. The molecule has 3 aromatic heterocycles. The normalized spacial score (nSPS) is 17.1. The maximum Gasteiger partial charge on any atom is 0.348 e. The van der Waals surface area contributed by atoms with Crippen molar-refractivity contribution in [3.63, 3.8) is 0 Å². The average molecular weight is 451 g/mol. The summed E-state index contributed by atoms with van der Waals surface area (Å²) >= 11 is 6.06. The maximum absolute atomic E-state index is 12.8. The summed E-state index contributed by atoms with van der Waals surface area (Å²) in [7, 11) is 0. The number of aromatic amines is 2. The monoisotopic (exact) mass is 450 g/mol. The third kappa shape index (κ3) is 4.24. The predicted molar refractivity (Wildman–Crippen MR) is 124 cm³/mol. The molecule has 4 heterocycles. The third-order valence-corrected chi connectivity index (χ3v) is 6.19. The summed E-state index contributed by atoms with van der Waals surface area (Å²) in [5, 5.41) is 6.16. The first kappa shape index (κ1) is 20.7. The van der Waals surface area contributed by atoms with Gasteiger partial charge in [-0.15, -0.1) is 5.10 Å². The Morgan fingerprint density at radius 1 is 1.12 bits per heavy atom. The second-order valence-corrected chi connectivity index (χ2v) is 8.58. The smallest absolute Gasteiger partial charge is 0.320 e. The van der Waals surface area contributed by atoms with Crippen molar-refractivity contribution in [3.8, 4) is 5.69 Å². The van der Waals surface area contributed by atoms with Gasteiger partial charge in [0.25, 0.3) is 0 Å². The lowest BCUT2D eigenvalue weighted by Gasteiger charge is -2.31. The number of fused-ring (bicyclic) bond motifs is 1. The zero-order valence-corrected chi connectivity index (χ0v) is 18.2. The van der Waals surface area contributed by atoms with Gasteiger partial charge in [-0.25, -0.2) is 4.79 Å². The topological polar surface area (TPSA) is 99.7 Å². The van der Waals surface area contributed by atoms with Gasteiger partial charge in [0.1, 0.15) is 5.82 Å². The van der Waals surface area contributed by atoms with Crippen molar-refractivity contribution in [2.45, 2.75) is 25.2 Å². The molecular weight excluding hydrogens is 428 g/mol. The van der Waals surface area contributed by atoms with Crippen LogP contribution in [0.2, 0.25) is 5.02 Å². The van der Waals surface area contributed by atoms with Gasteiger partial charge in [0.05, 0.1) is 11.2 Å². The fraction of sp³-hybridized carbons (Fsp3) is 0.304. The molecule has 2 N–H and O–H groups in total. The molecule has 0 saturated carbocycles. The van der Waals surface area contributed by atoms with Crippen molar-refractivity contribution >= 4 is 22.5 Å². The number of piperidine rings is 1. The molecule has 0 aliphatic carbocycles. The number of halogens is 1. The van der Waals surface area contributed by atoms with E-state index in [1.165, 1.54) is 10.7 Å². The molecule has 164 valence electrons. The van der Waals surface area contributed by atoms with E-state index in [0.29, 0.717) is 22.1 Å². The lowest BCUT2D eigenvalue weighted by atomic mass is 9.97. The largest absolute Gasteiger partial charge is 0.348 e. The molecule has 4 aromatic rings. The number of rotatable bonds is 5. The molecule has 1 aliphatic rings. The first-order valence-corrected chi connectivity index (χ1v) is 11.1. The highest BCUT2D eigenvalue weighted by Crippen LogP contribution is 2.25. The van der Waals surface area contributed by atoms with E-state index in [0.717, 1.165) is 50.0 Å². The Hall–Kier alpha value is -3.23. The summed E-state index contributed by atoms with van der Waals surface area (Å²) in [5.41, 5.74) is 1.61. The number of hydrogen-bond acceptors (Lipinski definition) is 5. The van der Waals surface area contributed by atoms with Gasteiger partial charge in [0.15, 0.2) is 0 Å². The molecule has 0 unspecified atom stereocenters. The van der Waals surface area contributed by atoms with E-state index in [9.17, 15) is 9.59 Å². The molecule has 0 bridgehead atoms. The zero-order chi connectivity index (χ0) is 22.1. The molecule has 0 radical (unpaired) electrons. The van der Waals surface area contributed by atoms with Gasteiger partial charge < -0.3 is 9.88 Å². The minimum absolute atomic E-state index is 0.138. The summed E-state index contributed by atoms with van der Waals surface area (Å²) in [6, 6.07) is 12.4. The van der Waals surface area contributed by atoms with E-state index in [1.807, 2.05) is 18.2 Å². The molecule has 1 aromatic carbocycles. The van der Waals surface area contributed by atoms with Crippen LogP contribution < -0.4 is 11.2 Å². The molecule has 5 rings (SSSR count). The molecular formula is C23H23ClN6O2. The van der Waals surface area contributed by atoms with Crippen LogP contribution >= 0.6 is 11.6 Å². The zero-order valence-electron chi connectivity index (χ0n) is 17.4. The predicted octanol–water partition coefficient (Wildman–Crippen LogP) is 2.87. The SMILES string of the molecule is O=c1ccc2cccc(-n3nc([C@H]4CCCN(CCc5cc(Cl)ccn5)C4)[nH]c3=O)c2[nH]1. The highest BCUT2D eigenvalue weighted by atomic mass is 35.5. The van der Waals surface area contributed by atoms with E-state index in [2.05, 4.69) is 25.0 Å². The molecule has 9 heteroatoms. The number of para-hydroxylation sites is 1. The van der Waals surface area contributed by atoms with Gasteiger partial charge in [-0.1, -0.05) is 23.7 Å².